The fourth-order valence-corrected chi connectivity index (χ4v) is 1.89. The van der Waals surface area contributed by atoms with E-state index >= 15 is 0 Å². The molecule has 0 aliphatic heterocycles. The van der Waals surface area contributed by atoms with Crippen molar-refractivity contribution >= 4 is 0 Å². The lowest BCUT2D eigenvalue weighted by Crippen LogP contribution is -2.36. The molecular formula is C11H23NO. The van der Waals surface area contributed by atoms with Crippen LogP contribution in [0.15, 0.2) is 0 Å². The van der Waals surface area contributed by atoms with Crippen LogP contribution in [0, 0.1) is 5.92 Å². The Bertz CT molecular complexity index is 123. The van der Waals surface area contributed by atoms with Crippen molar-refractivity contribution in [1.82, 2.24) is 5.32 Å². The minimum Gasteiger partial charge on any atom is -0.383 e. The summed E-state index contributed by atoms with van der Waals surface area (Å²) in [5, 5.41) is 3.54. The van der Waals surface area contributed by atoms with Crippen LogP contribution in [-0.2, 0) is 4.74 Å². The Hall–Kier alpha value is -0.0800. The van der Waals surface area contributed by atoms with Gasteiger partial charge < -0.3 is 10.1 Å². The molecule has 1 atom stereocenters. The highest BCUT2D eigenvalue weighted by atomic mass is 16.5. The van der Waals surface area contributed by atoms with E-state index in [-0.39, 0.29) is 0 Å². The van der Waals surface area contributed by atoms with Crippen LogP contribution in [-0.4, -0.2) is 26.3 Å². The molecule has 0 heterocycles. The molecule has 0 bridgehead atoms. The first-order chi connectivity index (χ1) is 6.36. The van der Waals surface area contributed by atoms with Crippen LogP contribution in [0.5, 0.6) is 0 Å². The number of nitrogens with one attached hydrogen (secondary N) is 1. The molecule has 1 saturated carbocycles. The molecule has 0 radical (unpaired) electrons. The predicted octanol–water partition coefficient (Wildman–Crippen LogP) is 2.19. The van der Waals surface area contributed by atoms with Gasteiger partial charge in [0.05, 0.1) is 6.61 Å². The minimum atomic E-state index is 0.593. The molecule has 1 N–H and O–H groups in total. The highest BCUT2D eigenvalue weighted by Crippen LogP contribution is 2.30. The summed E-state index contributed by atoms with van der Waals surface area (Å²) in [5.74, 6) is 0.976. The quantitative estimate of drug-likeness (QED) is 0.656. The summed E-state index contributed by atoms with van der Waals surface area (Å²) in [7, 11) is 1.79. The van der Waals surface area contributed by atoms with Crippen LogP contribution < -0.4 is 5.32 Å². The molecular weight excluding hydrogens is 162 g/mol. The smallest absolute Gasteiger partial charge is 0.0615 e. The van der Waals surface area contributed by atoms with Crippen molar-refractivity contribution in [3.8, 4) is 0 Å². The molecule has 78 valence electrons. The van der Waals surface area contributed by atoms with Crippen molar-refractivity contribution < 1.29 is 4.74 Å². The van der Waals surface area contributed by atoms with E-state index in [1.54, 1.807) is 7.11 Å². The summed E-state index contributed by atoms with van der Waals surface area (Å²) in [6, 6.07) is 0.593. The zero-order valence-corrected chi connectivity index (χ0v) is 9.01. The molecule has 0 aromatic rings. The summed E-state index contributed by atoms with van der Waals surface area (Å²) < 4.78 is 5.21. The van der Waals surface area contributed by atoms with Crippen molar-refractivity contribution in [3.63, 3.8) is 0 Å². The van der Waals surface area contributed by atoms with Gasteiger partial charge in [-0.1, -0.05) is 26.2 Å². The molecule has 1 unspecified atom stereocenters. The van der Waals surface area contributed by atoms with E-state index in [1.165, 1.54) is 32.1 Å². The van der Waals surface area contributed by atoms with Crippen LogP contribution in [0.25, 0.3) is 0 Å². The maximum atomic E-state index is 5.21. The fraction of sp³-hybridized carbons (Fsp3) is 1.00. The molecule has 0 saturated heterocycles. The third kappa shape index (κ3) is 4.10. The van der Waals surface area contributed by atoms with E-state index in [2.05, 4.69) is 12.2 Å². The standard InChI is InChI=1S/C11H23NO/c1-3-7-12-11(9-13-2)8-10-5-4-6-10/h10-12H,3-9H2,1-2H3. The van der Waals surface area contributed by atoms with Gasteiger partial charge in [0.1, 0.15) is 0 Å². The van der Waals surface area contributed by atoms with Crippen molar-refractivity contribution in [2.45, 2.75) is 45.1 Å². The van der Waals surface area contributed by atoms with Crippen molar-refractivity contribution in [1.29, 1.82) is 0 Å². The molecule has 0 amide bonds. The largest absolute Gasteiger partial charge is 0.383 e. The van der Waals surface area contributed by atoms with E-state index < -0.39 is 0 Å². The zero-order valence-electron chi connectivity index (χ0n) is 9.01. The number of methoxy groups -OCH3 is 1. The monoisotopic (exact) mass is 185 g/mol. The highest BCUT2D eigenvalue weighted by molar-refractivity contribution is 4.77. The SMILES string of the molecule is CCCNC(COC)CC1CCC1. The van der Waals surface area contributed by atoms with Gasteiger partial charge >= 0.3 is 0 Å². The number of hydrogen-bond donors (Lipinski definition) is 1. The van der Waals surface area contributed by atoms with Gasteiger partial charge in [0, 0.05) is 13.2 Å². The first-order valence-corrected chi connectivity index (χ1v) is 5.59. The maximum absolute atomic E-state index is 5.21. The molecule has 1 fully saturated rings. The lowest BCUT2D eigenvalue weighted by atomic mass is 9.81. The first kappa shape index (κ1) is 11.0. The van der Waals surface area contributed by atoms with Gasteiger partial charge in [-0.15, -0.1) is 0 Å². The topological polar surface area (TPSA) is 21.3 Å². The second kappa shape index (κ2) is 6.39. The Labute approximate surface area is 82.0 Å². The summed E-state index contributed by atoms with van der Waals surface area (Å²) in [4.78, 5) is 0. The average Bonchev–Trinajstić information content (AvgIpc) is 2.07. The van der Waals surface area contributed by atoms with Crippen molar-refractivity contribution in [2.24, 2.45) is 5.92 Å². The normalized spacial score (nSPS) is 19.8. The van der Waals surface area contributed by atoms with Crippen molar-refractivity contribution in [3.05, 3.63) is 0 Å². The van der Waals surface area contributed by atoms with Crippen LogP contribution in [0.1, 0.15) is 39.0 Å². The lowest BCUT2D eigenvalue weighted by Gasteiger charge is -2.29. The molecule has 2 nitrogen and oxygen atoms in total. The lowest BCUT2D eigenvalue weighted by molar-refractivity contribution is 0.141. The van der Waals surface area contributed by atoms with E-state index in [0.29, 0.717) is 6.04 Å². The molecule has 1 aliphatic carbocycles. The minimum absolute atomic E-state index is 0.593. The Kier molecular flexibility index (Phi) is 5.40. The number of ether oxygens (including phenoxy) is 1. The van der Waals surface area contributed by atoms with Crippen molar-refractivity contribution in [2.75, 3.05) is 20.3 Å². The molecule has 0 aromatic heterocycles. The second-order valence-corrected chi connectivity index (χ2v) is 4.14. The zero-order chi connectivity index (χ0) is 9.52. The van der Waals surface area contributed by atoms with E-state index in [0.717, 1.165) is 19.1 Å². The molecule has 0 spiro atoms. The van der Waals surface area contributed by atoms with Gasteiger partial charge in [0.25, 0.3) is 0 Å². The third-order valence-electron chi connectivity index (χ3n) is 2.89. The number of rotatable bonds is 7. The summed E-state index contributed by atoms with van der Waals surface area (Å²) in [5.41, 5.74) is 0. The first-order valence-electron chi connectivity index (χ1n) is 5.59. The van der Waals surface area contributed by atoms with Gasteiger partial charge in [0.2, 0.25) is 0 Å². The van der Waals surface area contributed by atoms with Gasteiger partial charge in [-0.25, -0.2) is 0 Å². The molecule has 13 heavy (non-hydrogen) atoms. The van der Waals surface area contributed by atoms with E-state index in [4.69, 9.17) is 4.74 Å². The fourth-order valence-electron chi connectivity index (χ4n) is 1.89. The molecule has 1 aliphatic rings. The van der Waals surface area contributed by atoms with Gasteiger partial charge in [-0.3, -0.25) is 0 Å². The van der Waals surface area contributed by atoms with E-state index in [1.807, 2.05) is 0 Å². The van der Waals surface area contributed by atoms with Gasteiger partial charge in [-0.2, -0.15) is 0 Å². The third-order valence-corrected chi connectivity index (χ3v) is 2.89. The highest BCUT2D eigenvalue weighted by Gasteiger charge is 2.21. The Morgan fingerprint density at radius 2 is 2.23 bits per heavy atom. The van der Waals surface area contributed by atoms with Crippen LogP contribution in [0.2, 0.25) is 0 Å². The molecule has 0 aromatic carbocycles. The molecule has 2 heteroatoms. The average molecular weight is 185 g/mol. The van der Waals surface area contributed by atoms with Crippen LogP contribution in [0.3, 0.4) is 0 Å². The van der Waals surface area contributed by atoms with Crippen LogP contribution >= 0.6 is 0 Å². The van der Waals surface area contributed by atoms with Gasteiger partial charge in [0.15, 0.2) is 0 Å². The molecule has 1 rings (SSSR count). The maximum Gasteiger partial charge on any atom is 0.0615 e. The summed E-state index contributed by atoms with van der Waals surface area (Å²) in [6.07, 6.45) is 6.85. The van der Waals surface area contributed by atoms with E-state index in [9.17, 15) is 0 Å². The Balaban J connectivity index is 2.11. The summed E-state index contributed by atoms with van der Waals surface area (Å²) >= 11 is 0. The Morgan fingerprint density at radius 1 is 1.46 bits per heavy atom. The second-order valence-electron chi connectivity index (χ2n) is 4.14. The summed E-state index contributed by atoms with van der Waals surface area (Å²) in [6.45, 7) is 4.21. The predicted molar refractivity (Wildman–Crippen MR) is 55.9 cm³/mol. The Morgan fingerprint density at radius 3 is 2.69 bits per heavy atom. The van der Waals surface area contributed by atoms with Gasteiger partial charge in [-0.05, 0) is 25.3 Å². The number of hydrogen-bond acceptors (Lipinski definition) is 2. The van der Waals surface area contributed by atoms with Crippen LogP contribution in [0.4, 0.5) is 0 Å².